The Labute approximate surface area is 70.8 Å². The highest BCUT2D eigenvalue weighted by Gasteiger charge is 2.00. The number of nitrogens with one attached hydrogen (secondary N) is 1. The van der Waals surface area contributed by atoms with E-state index in [-0.39, 0.29) is 5.91 Å². The number of amides is 1. The van der Waals surface area contributed by atoms with Crippen LogP contribution in [0.3, 0.4) is 0 Å². The molecule has 0 aliphatic rings. The second-order valence-electron chi connectivity index (χ2n) is 2.55. The number of pyridine rings is 1. The quantitative estimate of drug-likeness (QED) is 0.366. The van der Waals surface area contributed by atoms with Crippen molar-refractivity contribution >= 4 is 5.91 Å². The van der Waals surface area contributed by atoms with E-state index in [1.54, 1.807) is 12.3 Å². The molecule has 0 aliphatic heterocycles. The van der Waals surface area contributed by atoms with Crippen LogP contribution in [0.4, 0.5) is 0 Å². The van der Waals surface area contributed by atoms with Gasteiger partial charge in [-0.2, -0.15) is 0 Å². The first-order chi connectivity index (χ1) is 5.72. The molecule has 0 aliphatic carbocycles. The highest BCUT2D eigenvalue weighted by Crippen LogP contribution is 2.00. The molecule has 0 aromatic carbocycles. The average molecular weight is 165 g/mol. The van der Waals surface area contributed by atoms with Crippen LogP contribution >= 0.6 is 0 Å². The summed E-state index contributed by atoms with van der Waals surface area (Å²) < 4.78 is 0. The Balaban J connectivity index is 2.69. The van der Waals surface area contributed by atoms with Crippen molar-refractivity contribution in [3.05, 3.63) is 29.6 Å². The molecule has 0 spiro atoms. The fraction of sp³-hybridized carbons (Fsp3) is 0.250. The number of nitrogens with two attached hydrogens (primary N) is 1. The van der Waals surface area contributed by atoms with E-state index in [0.717, 1.165) is 11.3 Å². The fourth-order valence-electron chi connectivity index (χ4n) is 0.951. The van der Waals surface area contributed by atoms with Gasteiger partial charge in [0.2, 0.25) is 5.91 Å². The molecule has 0 saturated heterocycles. The number of hydrogen-bond donors (Lipinski definition) is 2. The minimum atomic E-state index is -0.194. The molecule has 1 amide bonds. The number of hydrogen-bond acceptors (Lipinski definition) is 3. The third kappa shape index (κ3) is 2.32. The van der Waals surface area contributed by atoms with Crippen LogP contribution in [0.5, 0.6) is 0 Å². The van der Waals surface area contributed by atoms with Gasteiger partial charge in [0.05, 0.1) is 6.42 Å². The van der Waals surface area contributed by atoms with E-state index in [4.69, 9.17) is 5.84 Å². The van der Waals surface area contributed by atoms with Crippen molar-refractivity contribution in [1.82, 2.24) is 10.4 Å². The standard InChI is InChI=1S/C8H11N3O/c1-6-4-7(2-3-10-6)5-8(12)11-9/h2-4H,5,9H2,1H3,(H,11,12). The summed E-state index contributed by atoms with van der Waals surface area (Å²) >= 11 is 0. The molecule has 3 N–H and O–H groups in total. The lowest BCUT2D eigenvalue weighted by Gasteiger charge is -1.99. The van der Waals surface area contributed by atoms with Crippen LogP contribution in [0.25, 0.3) is 0 Å². The Hall–Kier alpha value is -1.42. The van der Waals surface area contributed by atoms with Gasteiger partial charge in [0.1, 0.15) is 0 Å². The van der Waals surface area contributed by atoms with Crippen molar-refractivity contribution in [3.8, 4) is 0 Å². The molecule has 4 nitrogen and oxygen atoms in total. The zero-order valence-electron chi connectivity index (χ0n) is 6.87. The van der Waals surface area contributed by atoms with Crippen LogP contribution in [-0.4, -0.2) is 10.9 Å². The maximum Gasteiger partial charge on any atom is 0.238 e. The number of carbonyl (C=O) groups excluding carboxylic acids is 1. The molecule has 64 valence electrons. The zero-order valence-corrected chi connectivity index (χ0v) is 6.87. The van der Waals surface area contributed by atoms with Gasteiger partial charge in [-0.15, -0.1) is 0 Å². The maximum absolute atomic E-state index is 10.8. The largest absolute Gasteiger partial charge is 0.294 e. The Morgan fingerprint density at radius 2 is 2.50 bits per heavy atom. The van der Waals surface area contributed by atoms with Crippen LogP contribution < -0.4 is 11.3 Å². The summed E-state index contributed by atoms with van der Waals surface area (Å²) in [7, 11) is 0. The molecule has 0 atom stereocenters. The molecule has 1 aromatic heterocycles. The van der Waals surface area contributed by atoms with Gasteiger partial charge in [-0.1, -0.05) is 0 Å². The third-order valence-electron chi connectivity index (χ3n) is 1.49. The second kappa shape index (κ2) is 3.82. The SMILES string of the molecule is Cc1cc(CC(=O)NN)ccn1. The molecule has 0 unspecified atom stereocenters. The number of hydrazine groups is 1. The molecule has 1 rings (SSSR count). The number of nitrogens with zero attached hydrogens (tertiary/aromatic N) is 1. The Bertz CT molecular complexity index is 285. The second-order valence-corrected chi connectivity index (χ2v) is 2.55. The van der Waals surface area contributed by atoms with Crippen LogP contribution in [0, 0.1) is 6.92 Å². The first-order valence-electron chi connectivity index (χ1n) is 3.63. The highest BCUT2D eigenvalue weighted by molar-refractivity contribution is 5.77. The van der Waals surface area contributed by atoms with E-state index in [0.29, 0.717) is 6.42 Å². The van der Waals surface area contributed by atoms with Gasteiger partial charge in [0.15, 0.2) is 0 Å². The van der Waals surface area contributed by atoms with Gasteiger partial charge in [0, 0.05) is 11.9 Å². The van der Waals surface area contributed by atoms with Crippen LogP contribution in [0.2, 0.25) is 0 Å². The number of aromatic nitrogens is 1. The van der Waals surface area contributed by atoms with Crippen molar-refractivity contribution in [3.63, 3.8) is 0 Å². The van der Waals surface area contributed by atoms with Crippen molar-refractivity contribution < 1.29 is 4.79 Å². The summed E-state index contributed by atoms with van der Waals surface area (Å²) in [5.41, 5.74) is 3.90. The van der Waals surface area contributed by atoms with Crippen LogP contribution in [0.1, 0.15) is 11.3 Å². The predicted molar refractivity (Wildman–Crippen MR) is 45.0 cm³/mol. The number of aryl methyl sites for hydroxylation is 1. The maximum atomic E-state index is 10.8. The Kier molecular flexibility index (Phi) is 2.76. The molecule has 1 aromatic rings. The smallest absolute Gasteiger partial charge is 0.238 e. The highest BCUT2D eigenvalue weighted by atomic mass is 16.2. The summed E-state index contributed by atoms with van der Waals surface area (Å²) in [4.78, 5) is 14.8. The van der Waals surface area contributed by atoms with Gasteiger partial charge in [-0.3, -0.25) is 15.2 Å². The summed E-state index contributed by atoms with van der Waals surface area (Å²) in [6, 6.07) is 3.65. The number of rotatable bonds is 2. The van der Waals surface area contributed by atoms with E-state index in [1.165, 1.54) is 0 Å². The summed E-state index contributed by atoms with van der Waals surface area (Å²) in [5, 5.41) is 0. The van der Waals surface area contributed by atoms with Crippen molar-refractivity contribution in [2.75, 3.05) is 0 Å². The molecule has 0 saturated carbocycles. The summed E-state index contributed by atoms with van der Waals surface area (Å²) in [6.45, 7) is 1.88. The summed E-state index contributed by atoms with van der Waals surface area (Å²) in [5.74, 6) is 4.75. The van der Waals surface area contributed by atoms with Crippen molar-refractivity contribution in [1.29, 1.82) is 0 Å². The normalized spacial score (nSPS) is 9.50. The Morgan fingerprint density at radius 3 is 3.08 bits per heavy atom. The number of carbonyl (C=O) groups is 1. The van der Waals surface area contributed by atoms with E-state index in [2.05, 4.69) is 10.4 Å². The van der Waals surface area contributed by atoms with Crippen LogP contribution in [-0.2, 0) is 11.2 Å². The lowest BCUT2D eigenvalue weighted by Crippen LogP contribution is -2.31. The van der Waals surface area contributed by atoms with Gasteiger partial charge < -0.3 is 0 Å². The van der Waals surface area contributed by atoms with Gasteiger partial charge in [-0.05, 0) is 24.6 Å². The monoisotopic (exact) mass is 165 g/mol. The lowest BCUT2D eigenvalue weighted by molar-refractivity contribution is -0.120. The van der Waals surface area contributed by atoms with E-state index in [1.807, 2.05) is 13.0 Å². The van der Waals surface area contributed by atoms with E-state index >= 15 is 0 Å². The topological polar surface area (TPSA) is 68.0 Å². The van der Waals surface area contributed by atoms with E-state index in [9.17, 15) is 4.79 Å². The summed E-state index contributed by atoms with van der Waals surface area (Å²) in [6.07, 6.45) is 1.98. The molecular formula is C8H11N3O. The molecule has 0 fully saturated rings. The predicted octanol–water partition coefficient (Wildman–Crippen LogP) is -0.0776. The third-order valence-corrected chi connectivity index (χ3v) is 1.49. The molecule has 12 heavy (non-hydrogen) atoms. The average Bonchev–Trinajstić information content (AvgIpc) is 2.04. The first kappa shape index (κ1) is 8.67. The van der Waals surface area contributed by atoms with Gasteiger partial charge >= 0.3 is 0 Å². The fourth-order valence-corrected chi connectivity index (χ4v) is 0.951. The van der Waals surface area contributed by atoms with Gasteiger partial charge in [0.25, 0.3) is 0 Å². The van der Waals surface area contributed by atoms with Gasteiger partial charge in [-0.25, -0.2) is 5.84 Å². The molecule has 0 radical (unpaired) electrons. The minimum Gasteiger partial charge on any atom is -0.294 e. The Morgan fingerprint density at radius 1 is 1.75 bits per heavy atom. The van der Waals surface area contributed by atoms with Crippen LogP contribution in [0.15, 0.2) is 18.3 Å². The lowest BCUT2D eigenvalue weighted by atomic mass is 10.2. The molecule has 4 heteroatoms. The zero-order chi connectivity index (χ0) is 8.97. The minimum absolute atomic E-state index is 0.194. The van der Waals surface area contributed by atoms with E-state index < -0.39 is 0 Å². The molecule has 1 heterocycles. The van der Waals surface area contributed by atoms with Crippen molar-refractivity contribution in [2.24, 2.45) is 5.84 Å². The first-order valence-corrected chi connectivity index (χ1v) is 3.63. The molecular weight excluding hydrogens is 154 g/mol. The molecule has 0 bridgehead atoms. The van der Waals surface area contributed by atoms with Crippen molar-refractivity contribution in [2.45, 2.75) is 13.3 Å².